The first-order valence-corrected chi connectivity index (χ1v) is 8.53. The molecule has 0 spiro atoms. The Morgan fingerprint density at radius 1 is 1.19 bits per heavy atom. The maximum absolute atomic E-state index is 13.1. The molecule has 3 aromatic rings. The highest BCUT2D eigenvalue weighted by Crippen LogP contribution is 2.30. The van der Waals surface area contributed by atoms with E-state index in [1.807, 2.05) is 18.2 Å². The molecule has 2 aromatic carbocycles. The van der Waals surface area contributed by atoms with Crippen molar-refractivity contribution in [2.75, 3.05) is 5.32 Å². The topological polar surface area (TPSA) is 86.9 Å². The molecular weight excluding hydrogens is 347 g/mol. The van der Waals surface area contributed by atoms with Crippen LogP contribution in [0.1, 0.15) is 34.2 Å². The number of nitrogens with one attached hydrogen (secondary N) is 3. The summed E-state index contributed by atoms with van der Waals surface area (Å²) in [5, 5.41) is 5.70. The van der Waals surface area contributed by atoms with Crippen molar-refractivity contribution in [2.45, 2.75) is 19.4 Å². The highest BCUT2D eigenvalue weighted by atomic mass is 19.1. The minimum absolute atomic E-state index is 0.148. The van der Waals surface area contributed by atoms with Gasteiger partial charge in [0.2, 0.25) is 5.91 Å². The fraction of sp³-hybridized carbons (Fsp3) is 0.150. The number of rotatable bonds is 3. The first-order valence-electron chi connectivity index (χ1n) is 8.53. The van der Waals surface area contributed by atoms with E-state index < -0.39 is 6.04 Å². The molecule has 0 bridgehead atoms. The number of para-hydroxylation sites is 1. The van der Waals surface area contributed by atoms with Crippen LogP contribution in [0, 0.1) is 12.7 Å². The van der Waals surface area contributed by atoms with E-state index in [1.165, 1.54) is 12.1 Å². The van der Waals surface area contributed by atoms with Crippen molar-refractivity contribution in [3.63, 3.8) is 0 Å². The van der Waals surface area contributed by atoms with E-state index in [9.17, 15) is 14.0 Å². The molecule has 0 saturated carbocycles. The number of benzene rings is 2. The van der Waals surface area contributed by atoms with Gasteiger partial charge < -0.3 is 15.6 Å². The summed E-state index contributed by atoms with van der Waals surface area (Å²) < 4.78 is 13.1. The van der Waals surface area contributed by atoms with Crippen molar-refractivity contribution in [2.24, 2.45) is 0 Å². The molecule has 1 aliphatic rings. The zero-order valence-corrected chi connectivity index (χ0v) is 14.5. The maximum Gasteiger partial charge on any atom is 0.272 e. The van der Waals surface area contributed by atoms with Crippen LogP contribution >= 0.6 is 0 Å². The molecule has 0 saturated heterocycles. The van der Waals surface area contributed by atoms with Crippen LogP contribution in [0.3, 0.4) is 0 Å². The predicted octanol–water partition coefficient (Wildman–Crippen LogP) is 3.34. The highest BCUT2D eigenvalue weighted by molar-refractivity contribution is 5.98. The van der Waals surface area contributed by atoms with Crippen molar-refractivity contribution < 1.29 is 14.0 Å². The predicted molar refractivity (Wildman–Crippen MR) is 98.6 cm³/mol. The zero-order chi connectivity index (χ0) is 19.0. The molecule has 0 aliphatic carbocycles. The summed E-state index contributed by atoms with van der Waals surface area (Å²) in [5.74, 6) is -0.370. The van der Waals surface area contributed by atoms with Crippen molar-refractivity contribution >= 4 is 17.5 Å². The Labute approximate surface area is 154 Å². The average molecular weight is 364 g/mol. The fourth-order valence-corrected chi connectivity index (χ4v) is 3.19. The molecule has 27 heavy (non-hydrogen) atoms. The van der Waals surface area contributed by atoms with E-state index in [2.05, 4.69) is 20.6 Å². The Morgan fingerprint density at radius 2 is 1.93 bits per heavy atom. The molecular formula is C20H17FN4O2. The van der Waals surface area contributed by atoms with Gasteiger partial charge in [0, 0.05) is 16.9 Å². The van der Waals surface area contributed by atoms with Crippen LogP contribution in [0.4, 0.5) is 10.1 Å². The number of aromatic amines is 1. The lowest BCUT2D eigenvalue weighted by Gasteiger charge is -2.26. The Bertz CT molecular complexity index is 1030. The van der Waals surface area contributed by atoms with Gasteiger partial charge in [0.25, 0.3) is 5.91 Å². The molecule has 1 unspecified atom stereocenters. The standard InChI is InChI=1S/C20H17FN4O2/c1-11-18(25-19(22-11)12-6-8-13(21)9-7-12)20(27)24-16-10-17(26)23-15-5-3-2-4-14(15)16/h2-9,16H,10H2,1H3,(H,22,25)(H,23,26)(H,24,27). The van der Waals surface area contributed by atoms with E-state index in [-0.39, 0.29) is 29.7 Å². The van der Waals surface area contributed by atoms with E-state index in [0.29, 0.717) is 22.8 Å². The molecule has 136 valence electrons. The summed E-state index contributed by atoms with van der Waals surface area (Å²) in [4.78, 5) is 32.1. The van der Waals surface area contributed by atoms with Crippen LogP contribution in [-0.4, -0.2) is 21.8 Å². The van der Waals surface area contributed by atoms with Gasteiger partial charge in [-0.15, -0.1) is 0 Å². The van der Waals surface area contributed by atoms with Crippen LogP contribution in [0.15, 0.2) is 48.5 Å². The number of imidazole rings is 1. The van der Waals surface area contributed by atoms with Crippen LogP contribution < -0.4 is 10.6 Å². The van der Waals surface area contributed by atoms with Crippen LogP contribution in [0.5, 0.6) is 0 Å². The summed E-state index contributed by atoms with van der Waals surface area (Å²) >= 11 is 0. The normalized spacial score (nSPS) is 15.8. The second kappa shape index (κ2) is 6.68. The summed E-state index contributed by atoms with van der Waals surface area (Å²) in [6.07, 6.45) is 0.164. The van der Waals surface area contributed by atoms with E-state index in [0.717, 1.165) is 5.56 Å². The molecule has 3 N–H and O–H groups in total. The maximum atomic E-state index is 13.1. The van der Waals surface area contributed by atoms with Gasteiger partial charge in [-0.3, -0.25) is 9.59 Å². The Morgan fingerprint density at radius 3 is 2.70 bits per heavy atom. The summed E-state index contributed by atoms with van der Waals surface area (Å²) in [6.45, 7) is 1.75. The summed E-state index contributed by atoms with van der Waals surface area (Å²) in [5.41, 5.74) is 3.08. The minimum atomic E-state index is -0.423. The molecule has 0 fully saturated rings. The Hall–Kier alpha value is -3.48. The van der Waals surface area contributed by atoms with Gasteiger partial charge in [-0.1, -0.05) is 18.2 Å². The number of hydrogen-bond donors (Lipinski definition) is 3. The molecule has 1 aliphatic heterocycles. The van der Waals surface area contributed by atoms with Crippen LogP contribution in [0.2, 0.25) is 0 Å². The number of carbonyl (C=O) groups is 2. The quantitative estimate of drug-likeness (QED) is 0.666. The van der Waals surface area contributed by atoms with Crippen molar-refractivity contribution in [1.82, 2.24) is 15.3 Å². The third kappa shape index (κ3) is 3.31. The van der Waals surface area contributed by atoms with Crippen molar-refractivity contribution in [3.05, 3.63) is 71.3 Å². The third-order valence-electron chi connectivity index (χ3n) is 4.52. The number of aryl methyl sites for hydroxylation is 1. The van der Waals surface area contributed by atoms with Gasteiger partial charge >= 0.3 is 0 Å². The molecule has 4 rings (SSSR count). The summed E-state index contributed by atoms with van der Waals surface area (Å²) in [6, 6.07) is 12.8. The second-order valence-corrected chi connectivity index (χ2v) is 6.43. The van der Waals surface area contributed by atoms with Crippen molar-refractivity contribution in [1.29, 1.82) is 0 Å². The number of carbonyl (C=O) groups excluding carboxylic acids is 2. The van der Waals surface area contributed by atoms with Gasteiger partial charge in [0.05, 0.1) is 12.5 Å². The SMILES string of the molecule is Cc1[nH]c(-c2ccc(F)cc2)nc1C(=O)NC1CC(=O)Nc2ccccc21. The molecule has 6 nitrogen and oxygen atoms in total. The van der Waals surface area contributed by atoms with Crippen molar-refractivity contribution in [3.8, 4) is 11.4 Å². The average Bonchev–Trinajstić information content (AvgIpc) is 3.04. The van der Waals surface area contributed by atoms with Gasteiger partial charge in [0.15, 0.2) is 0 Å². The number of fused-ring (bicyclic) bond motifs is 1. The molecule has 2 heterocycles. The summed E-state index contributed by atoms with van der Waals surface area (Å²) in [7, 11) is 0. The zero-order valence-electron chi connectivity index (χ0n) is 14.5. The number of nitrogens with zero attached hydrogens (tertiary/aromatic N) is 1. The van der Waals surface area contributed by atoms with Gasteiger partial charge in [-0.2, -0.15) is 0 Å². The molecule has 2 amide bonds. The minimum Gasteiger partial charge on any atom is -0.343 e. The number of amides is 2. The van der Waals surface area contributed by atoms with E-state index in [4.69, 9.17) is 0 Å². The Balaban J connectivity index is 1.59. The van der Waals surface area contributed by atoms with Gasteiger partial charge in [0.1, 0.15) is 17.3 Å². The first kappa shape index (κ1) is 17.0. The monoisotopic (exact) mass is 364 g/mol. The first-order chi connectivity index (χ1) is 13.0. The van der Waals surface area contributed by atoms with Gasteiger partial charge in [-0.25, -0.2) is 9.37 Å². The van der Waals surface area contributed by atoms with Crippen LogP contribution in [-0.2, 0) is 4.79 Å². The second-order valence-electron chi connectivity index (χ2n) is 6.43. The highest BCUT2D eigenvalue weighted by Gasteiger charge is 2.27. The van der Waals surface area contributed by atoms with E-state index >= 15 is 0 Å². The largest absolute Gasteiger partial charge is 0.343 e. The lowest BCUT2D eigenvalue weighted by molar-refractivity contribution is -0.116. The number of H-pyrrole nitrogens is 1. The Kier molecular flexibility index (Phi) is 4.19. The van der Waals surface area contributed by atoms with E-state index in [1.54, 1.807) is 25.1 Å². The number of hydrogen-bond acceptors (Lipinski definition) is 3. The fourth-order valence-electron chi connectivity index (χ4n) is 3.19. The molecule has 0 radical (unpaired) electrons. The van der Waals surface area contributed by atoms with Crippen LogP contribution in [0.25, 0.3) is 11.4 Å². The number of anilines is 1. The third-order valence-corrected chi connectivity index (χ3v) is 4.52. The molecule has 1 aromatic heterocycles. The molecule has 1 atom stereocenters. The number of aromatic nitrogens is 2. The van der Waals surface area contributed by atoms with Gasteiger partial charge in [-0.05, 0) is 42.8 Å². The smallest absolute Gasteiger partial charge is 0.272 e. The lowest BCUT2D eigenvalue weighted by atomic mass is 9.97. The molecule has 7 heteroatoms. The number of halogens is 1. The lowest BCUT2D eigenvalue weighted by Crippen LogP contribution is -2.35.